The van der Waals surface area contributed by atoms with E-state index >= 15 is 0 Å². The number of aliphatic hydroxyl groups is 2. The summed E-state index contributed by atoms with van der Waals surface area (Å²) in [5, 5.41) is 19.5. The molecule has 0 amide bonds. The number of ether oxygens (including phenoxy) is 1. The molecule has 1 fully saturated rings. The van der Waals surface area contributed by atoms with Crippen LogP contribution in [0.2, 0.25) is 0 Å². The van der Waals surface area contributed by atoms with E-state index in [1.165, 1.54) is 24.3 Å². The molecule has 4 atom stereocenters. The maximum Gasteiger partial charge on any atom is 0.416 e. The summed E-state index contributed by atoms with van der Waals surface area (Å²) in [5.41, 5.74) is -2.84. The van der Waals surface area contributed by atoms with Gasteiger partial charge in [-0.1, -0.05) is 12.1 Å². The molecule has 176 valence electrons. The molecule has 3 nitrogen and oxygen atoms in total. The van der Waals surface area contributed by atoms with Crippen LogP contribution in [-0.4, -0.2) is 29.5 Å². The zero-order chi connectivity index (χ0) is 23.7. The number of hydrogen-bond acceptors (Lipinski definition) is 3. The lowest BCUT2D eigenvalue weighted by Gasteiger charge is -2.29. The van der Waals surface area contributed by atoms with E-state index in [0.717, 1.165) is 0 Å². The van der Waals surface area contributed by atoms with E-state index in [2.05, 4.69) is 0 Å². The summed E-state index contributed by atoms with van der Waals surface area (Å²) in [6, 6.07) is 6.48. The molecule has 0 heterocycles. The van der Waals surface area contributed by atoms with Crippen LogP contribution in [0.15, 0.2) is 42.5 Å². The van der Waals surface area contributed by atoms with Gasteiger partial charge >= 0.3 is 12.4 Å². The highest BCUT2D eigenvalue weighted by Crippen LogP contribution is 2.44. The number of rotatable bonds is 6. The van der Waals surface area contributed by atoms with Crippen LogP contribution in [0, 0.1) is 11.7 Å². The van der Waals surface area contributed by atoms with E-state index in [4.69, 9.17) is 4.74 Å². The molecule has 0 aliphatic heterocycles. The summed E-state index contributed by atoms with van der Waals surface area (Å²) in [6.45, 7) is -1.08. The topological polar surface area (TPSA) is 49.7 Å². The lowest BCUT2D eigenvalue weighted by atomic mass is 9.88. The first-order valence-corrected chi connectivity index (χ1v) is 9.86. The smallest absolute Gasteiger partial charge is 0.396 e. The van der Waals surface area contributed by atoms with Crippen LogP contribution in [0.5, 0.6) is 0 Å². The molecule has 32 heavy (non-hydrogen) atoms. The summed E-state index contributed by atoms with van der Waals surface area (Å²) in [7, 11) is 0. The van der Waals surface area contributed by atoms with Gasteiger partial charge in [-0.2, -0.15) is 26.3 Å². The van der Waals surface area contributed by atoms with Gasteiger partial charge in [-0.05, 0) is 60.2 Å². The summed E-state index contributed by atoms with van der Waals surface area (Å²) in [6.07, 6.45) is -11.4. The normalized spacial score (nSPS) is 22.8. The van der Waals surface area contributed by atoms with Gasteiger partial charge in [0.2, 0.25) is 0 Å². The van der Waals surface area contributed by atoms with Crippen LogP contribution < -0.4 is 0 Å². The van der Waals surface area contributed by atoms with Gasteiger partial charge < -0.3 is 14.9 Å². The second-order valence-electron chi connectivity index (χ2n) is 7.78. The van der Waals surface area contributed by atoms with Crippen molar-refractivity contribution in [1.82, 2.24) is 0 Å². The quantitative estimate of drug-likeness (QED) is 0.556. The van der Waals surface area contributed by atoms with Crippen molar-refractivity contribution >= 4 is 0 Å². The molecule has 3 rings (SSSR count). The van der Waals surface area contributed by atoms with Crippen molar-refractivity contribution in [2.45, 2.75) is 43.3 Å². The fraction of sp³-hybridized carbons (Fsp3) is 0.455. The number of halogens is 7. The Morgan fingerprint density at radius 1 is 0.875 bits per heavy atom. The van der Waals surface area contributed by atoms with Gasteiger partial charge in [0.15, 0.2) is 0 Å². The van der Waals surface area contributed by atoms with Crippen molar-refractivity contribution in [2.75, 3.05) is 13.2 Å². The molecule has 0 saturated heterocycles. The molecule has 1 saturated carbocycles. The van der Waals surface area contributed by atoms with Crippen molar-refractivity contribution in [3.8, 4) is 0 Å². The standard InChI is InChI=1S/C22H21F7O3/c23-17-4-1-12(2-5-17)20-13(10-30)3-6-18(20)32-19(11-31)14-7-15(21(24,25)26)9-16(8-14)22(27,28)29/h1-2,4-5,7-9,13,18-20,30-31H,3,6,10-11H2/t13-,18-,19+,20-/m0/s1. The molecule has 2 aromatic carbocycles. The second kappa shape index (κ2) is 9.36. The molecular weight excluding hydrogens is 445 g/mol. The molecule has 0 radical (unpaired) electrons. The van der Waals surface area contributed by atoms with Crippen LogP contribution in [0.1, 0.15) is 47.1 Å². The summed E-state index contributed by atoms with van der Waals surface area (Å²) >= 11 is 0. The van der Waals surface area contributed by atoms with Gasteiger partial charge in [0, 0.05) is 12.5 Å². The third kappa shape index (κ3) is 5.41. The summed E-state index contributed by atoms with van der Waals surface area (Å²) in [5.74, 6) is -1.25. The van der Waals surface area contributed by atoms with Crippen molar-refractivity contribution in [3.63, 3.8) is 0 Å². The Labute approximate surface area is 179 Å². The lowest BCUT2D eigenvalue weighted by molar-refractivity contribution is -0.143. The van der Waals surface area contributed by atoms with Gasteiger partial charge in [-0.15, -0.1) is 0 Å². The highest BCUT2D eigenvalue weighted by molar-refractivity contribution is 5.35. The molecule has 0 aromatic heterocycles. The molecule has 0 spiro atoms. The minimum atomic E-state index is -5.03. The molecule has 0 unspecified atom stereocenters. The van der Waals surface area contributed by atoms with E-state index in [0.29, 0.717) is 30.5 Å². The first kappa shape index (κ1) is 24.5. The van der Waals surface area contributed by atoms with Crippen molar-refractivity contribution < 1.29 is 45.7 Å². The molecule has 2 N–H and O–H groups in total. The minimum Gasteiger partial charge on any atom is -0.396 e. The SMILES string of the molecule is OC[C@@H]1CC[C@H](O[C@H](CO)c2cc(C(F)(F)F)cc(C(F)(F)F)c2)[C@H]1c1ccc(F)cc1. The van der Waals surface area contributed by atoms with E-state index in [1.54, 1.807) is 0 Å². The predicted octanol–water partition coefficient (Wildman–Crippen LogP) is 5.47. The number of benzene rings is 2. The number of alkyl halides is 6. The fourth-order valence-corrected chi connectivity index (χ4v) is 4.17. The first-order chi connectivity index (χ1) is 14.9. The fourth-order valence-electron chi connectivity index (χ4n) is 4.17. The first-order valence-electron chi connectivity index (χ1n) is 9.86. The van der Waals surface area contributed by atoms with Gasteiger partial charge in [0.1, 0.15) is 11.9 Å². The Bertz CT molecular complexity index is 877. The molecule has 0 bridgehead atoms. The highest BCUT2D eigenvalue weighted by atomic mass is 19.4. The maximum atomic E-state index is 13.3. The van der Waals surface area contributed by atoms with E-state index in [1.807, 2.05) is 0 Å². The van der Waals surface area contributed by atoms with E-state index in [9.17, 15) is 40.9 Å². The summed E-state index contributed by atoms with van der Waals surface area (Å²) in [4.78, 5) is 0. The lowest BCUT2D eigenvalue weighted by Crippen LogP contribution is -2.26. The van der Waals surface area contributed by atoms with Gasteiger partial charge in [0.05, 0.1) is 23.8 Å². The Morgan fingerprint density at radius 3 is 1.91 bits per heavy atom. The Balaban J connectivity index is 1.95. The van der Waals surface area contributed by atoms with Crippen molar-refractivity contribution in [3.05, 3.63) is 70.5 Å². The maximum absolute atomic E-state index is 13.3. The van der Waals surface area contributed by atoms with Crippen LogP contribution in [0.3, 0.4) is 0 Å². The van der Waals surface area contributed by atoms with Crippen LogP contribution >= 0.6 is 0 Å². The van der Waals surface area contributed by atoms with Crippen LogP contribution in [-0.2, 0) is 17.1 Å². The second-order valence-corrected chi connectivity index (χ2v) is 7.78. The highest BCUT2D eigenvalue weighted by Gasteiger charge is 2.41. The Morgan fingerprint density at radius 2 is 1.44 bits per heavy atom. The molecule has 1 aliphatic rings. The van der Waals surface area contributed by atoms with E-state index < -0.39 is 59.6 Å². The third-order valence-electron chi connectivity index (χ3n) is 5.71. The predicted molar refractivity (Wildman–Crippen MR) is 100 cm³/mol. The molecule has 1 aliphatic carbocycles. The molecule has 10 heteroatoms. The number of hydrogen-bond donors (Lipinski definition) is 2. The Hall–Kier alpha value is -2.17. The summed E-state index contributed by atoms with van der Waals surface area (Å²) < 4.78 is 98.3. The van der Waals surface area contributed by atoms with Crippen molar-refractivity contribution in [1.29, 1.82) is 0 Å². The average Bonchev–Trinajstić information content (AvgIpc) is 3.13. The monoisotopic (exact) mass is 466 g/mol. The average molecular weight is 466 g/mol. The van der Waals surface area contributed by atoms with Gasteiger partial charge in [-0.3, -0.25) is 0 Å². The molecular formula is C22H21F7O3. The van der Waals surface area contributed by atoms with Crippen molar-refractivity contribution in [2.24, 2.45) is 5.92 Å². The Kier molecular flexibility index (Phi) is 7.16. The minimum absolute atomic E-state index is 0.0105. The van der Waals surface area contributed by atoms with Crippen LogP contribution in [0.4, 0.5) is 30.7 Å². The number of aliphatic hydroxyl groups excluding tert-OH is 2. The third-order valence-corrected chi connectivity index (χ3v) is 5.71. The molecule has 2 aromatic rings. The van der Waals surface area contributed by atoms with Gasteiger partial charge in [0.25, 0.3) is 0 Å². The zero-order valence-electron chi connectivity index (χ0n) is 16.6. The van der Waals surface area contributed by atoms with Gasteiger partial charge in [-0.25, -0.2) is 4.39 Å². The largest absolute Gasteiger partial charge is 0.416 e. The van der Waals surface area contributed by atoms with Crippen LogP contribution in [0.25, 0.3) is 0 Å². The van der Waals surface area contributed by atoms with E-state index in [-0.39, 0.29) is 18.6 Å². The zero-order valence-corrected chi connectivity index (χ0v) is 16.6.